The highest BCUT2D eigenvalue weighted by molar-refractivity contribution is 6.05. The minimum Gasteiger partial charge on any atom is -0.354 e. The zero-order valence-electron chi connectivity index (χ0n) is 18.1. The van der Waals surface area contributed by atoms with Crippen molar-refractivity contribution in [1.29, 1.82) is 0 Å². The Morgan fingerprint density at radius 2 is 1.79 bits per heavy atom. The lowest BCUT2D eigenvalue weighted by atomic mass is 10.0. The van der Waals surface area contributed by atoms with E-state index in [1.165, 1.54) is 0 Å². The smallest absolute Gasteiger partial charge is 0.255 e. The second-order valence-electron chi connectivity index (χ2n) is 8.37. The molecule has 2 aromatic carbocycles. The van der Waals surface area contributed by atoms with Crippen LogP contribution < -0.4 is 10.6 Å². The lowest BCUT2D eigenvalue weighted by Crippen LogP contribution is -2.44. The molecule has 1 unspecified atom stereocenters. The zero-order chi connectivity index (χ0) is 22.8. The number of fused-ring (bicyclic) bond motifs is 1. The van der Waals surface area contributed by atoms with E-state index in [-0.39, 0.29) is 30.3 Å². The van der Waals surface area contributed by atoms with Crippen LogP contribution in [0.2, 0.25) is 0 Å². The Labute approximate surface area is 191 Å². The SMILES string of the molecule is O=C(CNC(=O)C1c2ccccc2C(=O)N1C1CC1)NCCc1ccc(-n2cccn2)cc1. The summed E-state index contributed by atoms with van der Waals surface area (Å²) in [5.41, 5.74) is 3.36. The minimum atomic E-state index is -0.665. The summed E-state index contributed by atoms with van der Waals surface area (Å²) < 4.78 is 1.79. The molecule has 1 fully saturated rings. The lowest BCUT2D eigenvalue weighted by Gasteiger charge is -2.24. The lowest BCUT2D eigenvalue weighted by molar-refractivity contribution is -0.129. The summed E-state index contributed by atoms with van der Waals surface area (Å²) in [5, 5.41) is 9.76. The second kappa shape index (κ2) is 8.90. The van der Waals surface area contributed by atoms with Crippen molar-refractivity contribution in [3.63, 3.8) is 0 Å². The molecule has 1 aliphatic carbocycles. The van der Waals surface area contributed by atoms with Crippen molar-refractivity contribution in [1.82, 2.24) is 25.3 Å². The topological polar surface area (TPSA) is 96.3 Å². The molecule has 1 atom stereocenters. The van der Waals surface area contributed by atoms with E-state index in [4.69, 9.17) is 0 Å². The van der Waals surface area contributed by atoms with Gasteiger partial charge in [0.1, 0.15) is 6.04 Å². The molecule has 0 spiro atoms. The highest BCUT2D eigenvalue weighted by Crippen LogP contribution is 2.41. The largest absolute Gasteiger partial charge is 0.354 e. The van der Waals surface area contributed by atoms with Crippen LogP contribution in [0, 0.1) is 0 Å². The van der Waals surface area contributed by atoms with Crippen molar-refractivity contribution in [2.24, 2.45) is 0 Å². The van der Waals surface area contributed by atoms with Crippen molar-refractivity contribution in [3.8, 4) is 5.69 Å². The summed E-state index contributed by atoms with van der Waals surface area (Å²) in [6.07, 6.45) is 6.11. The van der Waals surface area contributed by atoms with Crippen molar-refractivity contribution in [2.45, 2.75) is 31.3 Å². The molecule has 1 saturated carbocycles. The highest BCUT2D eigenvalue weighted by atomic mass is 16.2. The van der Waals surface area contributed by atoms with Crippen LogP contribution in [0.15, 0.2) is 67.0 Å². The molecule has 2 aliphatic rings. The van der Waals surface area contributed by atoms with E-state index >= 15 is 0 Å². The van der Waals surface area contributed by atoms with Crippen LogP contribution in [0.25, 0.3) is 5.69 Å². The van der Waals surface area contributed by atoms with Gasteiger partial charge in [-0.25, -0.2) is 4.68 Å². The fourth-order valence-electron chi connectivity index (χ4n) is 4.24. The van der Waals surface area contributed by atoms with E-state index in [0.29, 0.717) is 24.1 Å². The van der Waals surface area contributed by atoms with Gasteiger partial charge in [-0.2, -0.15) is 5.10 Å². The first-order chi connectivity index (χ1) is 16.1. The Bertz CT molecular complexity index is 1170. The molecule has 0 radical (unpaired) electrons. The van der Waals surface area contributed by atoms with Crippen LogP contribution >= 0.6 is 0 Å². The molecule has 168 valence electrons. The quantitative estimate of drug-likeness (QED) is 0.557. The standard InChI is InChI=1S/C25H25N5O3/c31-22(26-14-12-17-6-8-18(9-7-17)29-15-3-13-28-29)16-27-24(32)23-20-4-1-2-5-21(20)25(33)30(23)19-10-11-19/h1-9,13,15,19,23H,10-12,14,16H2,(H,26,31)(H,27,32). The molecule has 33 heavy (non-hydrogen) atoms. The molecule has 8 nitrogen and oxygen atoms in total. The molecule has 1 aromatic heterocycles. The van der Waals surface area contributed by atoms with Crippen LogP contribution in [-0.4, -0.2) is 51.5 Å². The predicted molar refractivity (Wildman–Crippen MR) is 122 cm³/mol. The number of nitrogens with zero attached hydrogens (tertiary/aromatic N) is 3. The average Bonchev–Trinajstić information content (AvgIpc) is 3.43. The third-order valence-electron chi connectivity index (χ3n) is 6.05. The molecular formula is C25H25N5O3. The highest BCUT2D eigenvalue weighted by Gasteiger charge is 2.47. The Kier molecular flexibility index (Phi) is 5.64. The third-order valence-corrected chi connectivity index (χ3v) is 6.05. The van der Waals surface area contributed by atoms with Gasteiger partial charge >= 0.3 is 0 Å². The zero-order valence-corrected chi connectivity index (χ0v) is 18.1. The number of amides is 3. The van der Waals surface area contributed by atoms with Gasteiger partial charge in [0.15, 0.2) is 0 Å². The monoisotopic (exact) mass is 443 g/mol. The van der Waals surface area contributed by atoms with Gasteiger partial charge in [0.05, 0.1) is 12.2 Å². The summed E-state index contributed by atoms with van der Waals surface area (Å²) in [7, 11) is 0. The maximum Gasteiger partial charge on any atom is 0.255 e. The molecule has 3 amide bonds. The maximum atomic E-state index is 12.9. The predicted octanol–water partition coefficient (Wildman–Crippen LogP) is 2.01. The van der Waals surface area contributed by atoms with Crippen LogP contribution in [0.1, 0.15) is 40.4 Å². The van der Waals surface area contributed by atoms with E-state index in [2.05, 4.69) is 15.7 Å². The molecule has 5 rings (SSSR count). The fraction of sp³-hybridized carbons (Fsp3) is 0.280. The van der Waals surface area contributed by atoms with Gasteiger partial charge in [0, 0.05) is 30.5 Å². The van der Waals surface area contributed by atoms with Crippen LogP contribution in [0.3, 0.4) is 0 Å². The summed E-state index contributed by atoms with van der Waals surface area (Å²) in [6.45, 7) is 0.344. The molecule has 8 heteroatoms. The van der Waals surface area contributed by atoms with Gasteiger partial charge in [-0.3, -0.25) is 14.4 Å². The first-order valence-electron chi connectivity index (χ1n) is 11.2. The van der Waals surface area contributed by atoms with Gasteiger partial charge in [-0.05, 0) is 54.7 Å². The number of carbonyl (C=O) groups is 3. The summed E-state index contributed by atoms with van der Waals surface area (Å²) in [6, 6.07) is 16.5. The van der Waals surface area contributed by atoms with Crippen molar-refractivity contribution in [2.75, 3.05) is 13.1 Å². The van der Waals surface area contributed by atoms with Crippen molar-refractivity contribution in [3.05, 3.63) is 83.7 Å². The molecule has 2 heterocycles. The Morgan fingerprint density at radius 3 is 2.52 bits per heavy atom. The van der Waals surface area contributed by atoms with E-state index < -0.39 is 6.04 Å². The fourth-order valence-corrected chi connectivity index (χ4v) is 4.24. The van der Waals surface area contributed by atoms with Crippen LogP contribution in [0.4, 0.5) is 0 Å². The first-order valence-corrected chi connectivity index (χ1v) is 11.2. The van der Waals surface area contributed by atoms with E-state index in [1.807, 2.05) is 48.7 Å². The minimum absolute atomic E-state index is 0.101. The normalized spacial score (nSPS) is 17.0. The van der Waals surface area contributed by atoms with Crippen LogP contribution in [-0.2, 0) is 16.0 Å². The number of hydrogen-bond donors (Lipinski definition) is 2. The Hall–Kier alpha value is -3.94. The Morgan fingerprint density at radius 1 is 1.00 bits per heavy atom. The van der Waals surface area contributed by atoms with Gasteiger partial charge in [0.2, 0.25) is 11.8 Å². The maximum absolute atomic E-state index is 12.9. The van der Waals surface area contributed by atoms with Gasteiger partial charge in [-0.15, -0.1) is 0 Å². The van der Waals surface area contributed by atoms with E-state index in [9.17, 15) is 14.4 Å². The second-order valence-corrected chi connectivity index (χ2v) is 8.37. The number of hydrogen-bond acceptors (Lipinski definition) is 4. The third kappa shape index (κ3) is 4.37. The Balaban J connectivity index is 1.11. The number of aromatic nitrogens is 2. The van der Waals surface area contributed by atoms with E-state index in [0.717, 1.165) is 24.1 Å². The summed E-state index contributed by atoms with van der Waals surface area (Å²) in [4.78, 5) is 39.6. The molecule has 0 bridgehead atoms. The van der Waals surface area contributed by atoms with Crippen molar-refractivity contribution >= 4 is 17.7 Å². The number of nitrogens with one attached hydrogen (secondary N) is 2. The van der Waals surface area contributed by atoms with Gasteiger partial charge in [-0.1, -0.05) is 30.3 Å². The first kappa shape index (κ1) is 20.9. The summed E-state index contributed by atoms with van der Waals surface area (Å²) in [5.74, 6) is -0.673. The molecule has 3 aromatic rings. The number of benzene rings is 2. The van der Waals surface area contributed by atoms with E-state index in [1.54, 1.807) is 27.9 Å². The molecule has 0 saturated heterocycles. The molecular weight excluding hydrogens is 418 g/mol. The number of carbonyl (C=O) groups excluding carboxylic acids is 3. The average molecular weight is 444 g/mol. The van der Waals surface area contributed by atoms with Gasteiger partial charge < -0.3 is 15.5 Å². The van der Waals surface area contributed by atoms with Crippen LogP contribution in [0.5, 0.6) is 0 Å². The van der Waals surface area contributed by atoms with Crippen molar-refractivity contribution < 1.29 is 14.4 Å². The summed E-state index contributed by atoms with van der Waals surface area (Å²) >= 11 is 0. The molecule has 1 aliphatic heterocycles. The van der Waals surface area contributed by atoms with Gasteiger partial charge in [0.25, 0.3) is 5.91 Å². The molecule has 2 N–H and O–H groups in total. The number of rotatable bonds is 8.